The highest BCUT2D eigenvalue weighted by Gasteiger charge is 2.22. The number of hydrogen-bond donors (Lipinski definition) is 1. The number of rotatable bonds is 7. The fourth-order valence-electron chi connectivity index (χ4n) is 2.52. The first kappa shape index (κ1) is 15.0. The average molecular weight is 273 g/mol. The van der Waals surface area contributed by atoms with Crippen LogP contribution in [0.1, 0.15) is 43.5 Å². The molecule has 20 heavy (non-hydrogen) atoms. The lowest BCUT2D eigenvalue weighted by molar-refractivity contribution is 0.678. The monoisotopic (exact) mass is 273 g/mol. The van der Waals surface area contributed by atoms with E-state index in [0.717, 1.165) is 37.2 Å². The molecule has 0 saturated heterocycles. The van der Waals surface area contributed by atoms with Gasteiger partial charge in [-0.1, -0.05) is 12.2 Å². The number of pyridine rings is 1. The highest BCUT2D eigenvalue weighted by Crippen LogP contribution is 2.25. The average Bonchev–Trinajstić information content (AvgIpc) is 3.18. The van der Waals surface area contributed by atoms with E-state index in [4.69, 9.17) is 4.98 Å². The zero-order valence-corrected chi connectivity index (χ0v) is 13.3. The van der Waals surface area contributed by atoms with Gasteiger partial charge < -0.3 is 10.2 Å². The van der Waals surface area contributed by atoms with Crippen LogP contribution in [0.25, 0.3) is 0 Å². The molecule has 0 amide bonds. The van der Waals surface area contributed by atoms with Gasteiger partial charge in [-0.05, 0) is 52.2 Å². The Bertz CT molecular complexity index is 489. The van der Waals surface area contributed by atoms with Gasteiger partial charge in [0.2, 0.25) is 0 Å². The summed E-state index contributed by atoms with van der Waals surface area (Å²) in [5.74, 6) is 1.13. The van der Waals surface area contributed by atoms with Crippen molar-refractivity contribution in [2.75, 3.05) is 18.0 Å². The lowest BCUT2D eigenvalue weighted by Gasteiger charge is -2.26. The number of anilines is 1. The Morgan fingerprint density at radius 2 is 2.15 bits per heavy atom. The molecule has 0 bridgehead atoms. The first-order valence-electron chi connectivity index (χ1n) is 7.61. The fraction of sp³-hybridized carbons (Fsp3) is 0.588. The van der Waals surface area contributed by atoms with Crippen molar-refractivity contribution in [2.24, 2.45) is 0 Å². The molecular weight excluding hydrogens is 246 g/mol. The lowest BCUT2D eigenvalue weighted by Crippen LogP contribution is -2.29. The van der Waals surface area contributed by atoms with Gasteiger partial charge in [0.1, 0.15) is 5.82 Å². The molecule has 0 unspecified atom stereocenters. The third-order valence-corrected chi connectivity index (χ3v) is 3.74. The van der Waals surface area contributed by atoms with Crippen molar-refractivity contribution >= 4 is 5.82 Å². The molecule has 1 fully saturated rings. The number of nitrogens with zero attached hydrogens (tertiary/aromatic N) is 2. The van der Waals surface area contributed by atoms with Crippen molar-refractivity contribution in [1.82, 2.24) is 10.3 Å². The third-order valence-electron chi connectivity index (χ3n) is 3.74. The summed E-state index contributed by atoms with van der Waals surface area (Å²) in [5, 5.41) is 3.62. The van der Waals surface area contributed by atoms with Crippen molar-refractivity contribution in [1.29, 1.82) is 0 Å². The van der Waals surface area contributed by atoms with Gasteiger partial charge in [-0.2, -0.15) is 0 Å². The smallest absolute Gasteiger partial charge is 0.133 e. The summed E-state index contributed by atoms with van der Waals surface area (Å²) in [7, 11) is 0. The molecule has 1 saturated carbocycles. The fourth-order valence-corrected chi connectivity index (χ4v) is 2.52. The summed E-state index contributed by atoms with van der Waals surface area (Å²) in [6.07, 6.45) is 2.63. The summed E-state index contributed by atoms with van der Waals surface area (Å²) < 4.78 is 0. The molecule has 1 aromatic heterocycles. The molecule has 0 radical (unpaired) electrons. The lowest BCUT2D eigenvalue weighted by atomic mass is 10.1. The van der Waals surface area contributed by atoms with E-state index in [1.807, 2.05) is 0 Å². The summed E-state index contributed by atoms with van der Waals surface area (Å²) in [4.78, 5) is 7.13. The zero-order chi connectivity index (χ0) is 14.7. The van der Waals surface area contributed by atoms with Crippen molar-refractivity contribution < 1.29 is 0 Å². The van der Waals surface area contributed by atoms with Crippen molar-refractivity contribution in [3.63, 3.8) is 0 Å². The number of aryl methyl sites for hydroxylation is 2. The van der Waals surface area contributed by atoms with Crippen molar-refractivity contribution in [3.8, 4) is 0 Å². The summed E-state index contributed by atoms with van der Waals surface area (Å²) >= 11 is 0. The Kier molecular flexibility index (Phi) is 4.81. The molecule has 0 aromatic carbocycles. The molecule has 0 spiro atoms. The molecule has 1 N–H and O–H groups in total. The molecular formula is C17H27N3. The van der Waals surface area contributed by atoms with Crippen molar-refractivity contribution in [2.45, 2.75) is 53.1 Å². The molecule has 1 aromatic rings. The Labute approximate surface area is 123 Å². The second-order valence-corrected chi connectivity index (χ2v) is 6.01. The summed E-state index contributed by atoms with van der Waals surface area (Å²) in [6, 6.07) is 2.90. The number of likely N-dealkylation sites (N-methyl/N-ethyl adjacent to an activating group) is 1. The van der Waals surface area contributed by atoms with Gasteiger partial charge >= 0.3 is 0 Å². The Hall–Kier alpha value is -1.35. The van der Waals surface area contributed by atoms with Gasteiger partial charge in [-0.25, -0.2) is 4.98 Å². The number of aromatic nitrogens is 1. The van der Waals surface area contributed by atoms with Crippen LogP contribution < -0.4 is 10.2 Å². The molecule has 3 heteroatoms. The van der Waals surface area contributed by atoms with Crippen molar-refractivity contribution in [3.05, 3.63) is 35.0 Å². The van der Waals surface area contributed by atoms with E-state index in [1.54, 1.807) is 0 Å². The van der Waals surface area contributed by atoms with Crippen LogP contribution in [0, 0.1) is 13.8 Å². The maximum atomic E-state index is 4.80. The minimum Gasteiger partial charge on any atom is -0.353 e. The van der Waals surface area contributed by atoms with Crippen LogP contribution in [-0.2, 0) is 6.54 Å². The largest absolute Gasteiger partial charge is 0.353 e. The van der Waals surface area contributed by atoms with Crippen LogP contribution in [0.3, 0.4) is 0 Å². The minimum absolute atomic E-state index is 0.722. The SMILES string of the molecule is C=C(C)CN(CC)c1nc(C)cc(C)c1CNC1CC1. The highest BCUT2D eigenvalue weighted by molar-refractivity contribution is 5.52. The van der Waals surface area contributed by atoms with Gasteiger partial charge in [0, 0.05) is 36.9 Å². The minimum atomic E-state index is 0.722. The van der Waals surface area contributed by atoms with Crippen LogP contribution in [0.4, 0.5) is 5.82 Å². The molecule has 1 heterocycles. The van der Waals surface area contributed by atoms with Gasteiger partial charge in [-0.15, -0.1) is 0 Å². The summed E-state index contributed by atoms with van der Waals surface area (Å²) in [5.41, 5.74) is 4.94. The maximum absolute atomic E-state index is 4.80. The van der Waals surface area contributed by atoms with E-state index in [1.165, 1.54) is 29.5 Å². The molecule has 1 aliphatic carbocycles. The Balaban J connectivity index is 2.28. The quantitative estimate of drug-likeness (QED) is 0.772. The molecule has 2 rings (SSSR count). The Morgan fingerprint density at radius 1 is 1.45 bits per heavy atom. The first-order chi connectivity index (χ1) is 9.51. The van der Waals surface area contributed by atoms with Crippen LogP contribution in [0.15, 0.2) is 18.2 Å². The van der Waals surface area contributed by atoms with Gasteiger partial charge in [0.25, 0.3) is 0 Å². The van der Waals surface area contributed by atoms with E-state index < -0.39 is 0 Å². The van der Waals surface area contributed by atoms with Crippen LogP contribution in [0.2, 0.25) is 0 Å². The van der Waals surface area contributed by atoms with Gasteiger partial charge in [-0.3, -0.25) is 0 Å². The zero-order valence-electron chi connectivity index (χ0n) is 13.3. The van der Waals surface area contributed by atoms with E-state index in [2.05, 4.69) is 50.6 Å². The number of nitrogens with one attached hydrogen (secondary N) is 1. The molecule has 1 aliphatic rings. The number of hydrogen-bond acceptors (Lipinski definition) is 3. The topological polar surface area (TPSA) is 28.2 Å². The van der Waals surface area contributed by atoms with E-state index in [-0.39, 0.29) is 0 Å². The predicted molar refractivity (Wildman–Crippen MR) is 86.3 cm³/mol. The van der Waals surface area contributed by atoms with E-state index in [9.17, 15) is 0 Å². The second-order valence-electron chi connectivity index (χ2n) is 6.01. The molecule has 3 nitrogen and oxygen atoms in total. The third kappa shape index (κ3) is 3.83. The first-order valence-corrected chi connectivity index (χ1v) is 7.61. The predicted octanol–water partition coefficient (Wildman–Crippen LogP) is 3.35. The van der Waals surface area contributed by atoms with Gasteiger partial charge in [0.15, 0.2) is 0 Å². The second kappa shape index (κ2) is 6.40. The summed E-state index contributed by atoms with van der Waals surface area (Å²) in [6.45, 7) is 15.3. The normalized spacial score (nSPS) is 14.4. The van der Waals surface area contributed by atoms with Crippen LogP contribution in [-0.4, -0.2) is 24.1 Å². The molecule has 110 valence electrons. The van der Waals surface area contributed by atoms with Crippen LogP contribution in [0.5, 0.6) is 0 Å². The van der Waals surface area contributed by atoms with E-state index >= 15 is 0 Å². The van der Waals surface area contributed by atoms with E-state index in [0.29, 0.717) is 0 Å². The Morgan fingerprint density at radius 3 is 2.70 bits per heavy atom. The standard InChI is InChI=1S/C17H27N3/c1-6-20(11-12(2)3)17-16(10-18-15-7-8-15)13(4)9-14(5)19-17/h9,15,18H,2,6-8,10-11H2,1,3-5H3. The van der Waals surface area contributed by atoms with Gasteiger partial charge in [0.05, 0.1) is 0 Å². The maximum Gasteiger partial charge on any atom is 0.133 e. The van der Waals surface area contributed by atoms with Crippen LogP contribution >= 0.6 is 0 Å². The molecule has 0 atom stereocenters. The molecule has 0 aliphatic heterocycles. The highest BCUT2D eigenvalue weighted by atomic mass is 15.2.